The molecule has 0 radical (unpaired) electrons. The van der Waals surface area contributed by atoms with Gasteiger partial charge in [-0.15, -0.1) is 10.2 Å². The predicted molar refractivity (Wildman–Crippen MR) is 178 cm³/mol. The lowest BCUT2D eigenvalue weighted by Gasteiger charge is -2.23. The Balaban J connectivity index is 1.36. The van der Waals surface area contributed by atoms with Crippen LogP contribution in [0.2, 0.25) is 0 Å². The van der Waals surface area contributed by atoms with E-state index in [1.807, 2.05) is 36.4 Å². The number of aliphatic hydroxyl groups is 1. The molecule has 0 saturated carbocycles. The van der Waals surface area contributed by atoms with Gasteiger partial charge in [0.15, 0.2) is 4.34 Å². The molecular formula is C35H31N3O5S2. The molecule has 2 heterocycles. The maximum Gasteiger partial charge on any atom is 0.301 e. The molecule has 45 heavy (non-hydrogen) atoms. The van der Waals surface area contributed by atoms with Gasteiger partial charge in [0.05, 0.1) is 25.3 Å². The zero-order valence-electron chi connectivity index (χ0n) is 24.8. The van der Waals surface area contributed by atoms with Crippen molar-refractivity contribution >= 4 is 56.5 Å². The largest absolute Gasteiger partial charge is 0.507 e. The number of hydrogen-bond donors (Lipinski definition) is 1. The number of Topliss-reactive ketones (excluding diaryl/α,β-unsaturated/α-hetero) is 1. The van der Waals surface area contributed by atoms with Crippen LogP contribution in [0.3, 0.4) is 0 Å². The number of thioether (sulfide) groups is 1. The summed E-state index contributed by atoms with van der Waals surface area (Å²) in [7, 11) is 1.55. The molecule has 0 aliphatic carbocycles. The van der Waals surface area contributed by atoms with Crippen LogP contribution in [0.5, 0.6) is 11.5 Å². The molecule has 1 amide bonds. The first-order valence-electron chi connectivity index (χ1n) is 14.6. The number of rotatable bonds is 11. The Morgan fingerprint density at radius 1 is 0.956 bits per heavy atom. The Bertz CT molecular complexity index is 1880. The highest BCUT2D eigenvalue weighted by molar-refractivity contribution is 8.00. The van der Waals surface area contributed by atoms with E-state index in [0.717, 1.165) is 23.8 Å². The van der Waals surface area contributed by atoms with Crippen molar-refractivity contribution in [2.45, 2.75) is 35.9 Å². The van der Waals surface area contributed by atoms with Crippen LogP contribution in [-0.2, 0) is 15.3 Å². The number of anilines is 1. The van der Waals surface area contributed by atoms with Crippen molar-refractivity contribution in [2.24, 2.45) is 0 Å². The van der Waals surface area contributed by atoms with E-state index >= 15 is 0 Å². The van der Waals surface area contributed by atoms with Gasteiger partial charge in [0, 0.05) is 11.3 Å². The standard InChI is InChI=1S/C35H31N3O5S2/c1-3-4-19-43-27-13-8-11-24(20-27)30-29(31(39)23-15-17-26(42-2)18-16-23)32(40)33(41)38(30)34-36-37-35(45-34)44-21-25-12-7-10-22-9-5-6-14-28(22)25/h5-18,20,30,39H,3-4,19,21H2,1-2H3. The summed E-state index contributed by atoms with van der Waals surface area (Å²) in [5.74, 6) is 0.00515. The fourth-order valence-corrected chi connectivity index (χ4v) is 7.15. The molecule has 1 aromatic heterocycles. The lowest BCUT2D eigenvalue weighted by Crippen LogP contribution is -2.29. The van der Waals surface area contributed by atoms with Gasteiger partial charge in [-0.25, -0.2) is 0 Å². The van der Waals surface area contributed by atoms with Crippen LogP contribution >= 0.6 is 23.1 Å². The summed E-state index contributed by atoms with van der Waals surface area (Å²) in [6.07, 6.45) is 1.88. The number of ether oxygens (including phenoxy) is 2. The summed E-state index contributed by atoms with van der Waals surface area (Å²) < 4.78 is 11.9. The van der Waals surface area contributed by atoms with Crippen molar-refractivity contribution in [3.05, 3.63) is 113 Å². The Labute approximate surface area is 269 Å². The molecule has 8 nitrogen and oxygen atoms in total. The highest BCUT2D eigenvalue weighted by Gasteiger charge is 2.48. The van der Waals surface area contributed by atoms with Crippen LogP contribution in [0, 0.1) is 0 Å². The van der Waals surface area contributed by atoms with Gasteiger partial charge in [-0.1, -0.05) is 91.0 Å². The Kier molecular flexibility index (Phi) is 9.13. The van der Waals surface area contributed by atoms with Crippen molar-refractivity contribution in [1.82, 2.24) is 10.2 Å². The summed E-state index contributed by atoms with van der Waals surface area (Å²) in [5.41, 5.74) is 2.13. The zero-order valence-corrected chi connectivity index (χ0v) is 26.4. The van der Waals surface area contributed by atoms with Crippen molar-refractivity contribution in [3.8, 4) is 11.5 Å². The van der Waals surface area contributed by atoms with Crippen molar-refractivity contribution in [3.63, 3.8) is 0 Å². The van der Waals surface area contributed by atoms with Crippen LogP contribution < -0.4 is 14.4 Å². The minimum absolute atomic E-state index is 0.0315. The number of carbonyl (C=O) groups excluding carboxylic acids is 2. The van der Waals surface area contributed by atoms with Gasteiger partial charge >= 0.3 is 5.91 Å². The third-order valence-electron chi connectivity index (χ3n) is 7.58. The van der Waals surface area contributed by atoms with E-state index in [-0.39, 0.29) is 16.5 Å². The minimum atomic E-state index is -0.939. The van der Waals surface area contributed by atoms with E-state index in [0.29, 0.717) is 39.3 Å². The van der Waals surface area contributed by atoms with Gasteiger partial charge in [-0.3, -0.25) is 14.5 Å². The summed E-state index contributed by atoms with van der Waals surface area (Å²) in [4.78, 5) is 28.6. The highest BCUT2D eigenvalue weighted by Crippen LogP contribution is 2.45. The Morgan fingerprint density at radius 2 is 1.73 bits per heavy atom. The number of fused-ring (bicyclic) bond motifs is 1. The fraction of sp³-hybridized carbons (Fsp3) is 0.200. The minimum Gasteiger partial charge on any atom is -0.507 e. The predicted octanol–water partition coefficient (Wildman–Crippen LogP) is 7.80. The molecule has 228 valence electrons. The van der Waals surface area contributed by atoms with Gasteiger partial charge in [0.25, 0.3) is 5.78 Å². The first kappa shape index (κ1) is 30.4. The molecule has 6 rings (SSSR count). The number of aliphatic hydroxyl groups excluding tert-OH is 1. The zero-order chi connectivity index (χ0) is 31.3. The average Bonchev–Trinajstić information content (AvgIpc) is 3.65. The van der Waals surface area contributed by atoms with E-state index in [1.54, 1.807) is 37.4 Å². The normalized spacial score (nSPS) is 16.0. The maximum atomic E-state index is 13.7. The molecule has 1 saturated heterocycles. The lowest BCUT2D eigenvalue weighted by molar-refractivity contribution is -0.132. The van der Waals surface area contributed by atoms with Gasteiger partial charge in [0.2, 0.25) is 5.13 Å². The number of ketones is 1. The van der Waals surface area contributed by atoms with E-state index in [9.17, 15) is 14.7 Å². The molecule has 1 fully saturated rings. The van der Waals surface area contributed by atoms with Gasteiger partial charge in [0.1, 0.15) is 17.3 Å². The first-order chi connectivity index (χ1) is 22.0. The van der Waals surface area contributed by atoms with E-state index in [1.165, 1.54) is 33.4 Å². The number of methoxy groups -OCH3 is 1. The van der Waals surface area contributed by atoms with Crippen molar-refractivity contribution < 1.29 is 24.2 Å². The number of carbonyl (C=O) groups is 2. The monoisotopic (exact) mass is 637 g/mol. The van der Waals surface area contributed by atoms with E-state index in [4.69, 9.17) is 9.47 Å². The lowest BCUT2D eigenvalue weighted by atomic mass is 9.95. The SMILES string of the molecule is CCCCOc1cccc(C2C(=C(O)c3ccc(OC)cc3)C(=O)C(=O)N2c2nnc(SCc3cccc4ccccc34)s2)c1. The number of unbranched alkanes of at least 4 members (excludes halogenated alkanes) is 1. The molecule has 5 aromatic rings. The Hall–Kier alpha value is -4.67. The Morgan fingerprint density at radius 3 is 2.53 bits per heavy atom. The number of nitrogens with zero attached hydrogens (tertiary/aromatic N) is 3. The summed E-state index contributed by atoms with van der Waals surface area (Å²) in [6, 6.07) is 27.4. The van der Waals surface area contributed by atoms with Crippen LogP contribution in [0.4, 0.5) is 5.13 Å². The quantitative estimate of drug-likeness (QED) is 0.0391. The third kappa shape index (κ3) is 6.29. The van der Waals surface area contributed by atoms with Crippen molar-refractivity contribution in [1.29, 1.82) is 0 Å². The number of aromatic nitrogens is 2. The second-order valence-corrected chi connectivity index (χ2v) is 12.6. The molecule has 4 aromatic carbocycles. The molecule has 10 heteroatoms. The molecule has 1 unspecified atom stereocenters. The second-order valence-electron chi connectivity index (χ2n) is 10.4. The van der Waals surface area contributed by atoms with Gasteiger partial charge < -0.3 is 14.6 Å². The number of hydrogen-bond acceptors (Lipinski definition) is 9. The average molecular weight is 638 g/mol. The summed E-state index contributed by atoms with van der Waals surface area (Å²) in [6.45, 7) is 2.63. The van der Waals surface area contributed by atoms with Gasteiger partial charge in [-0.05, 0) is 64.7 Å². The highest BCUT2D eigenvalue weighted by atomic mass is 32.2. The summed E-state index contributed by atoms with van der Waals surface area (Å²) >= 11 is 2.75. The van der Waals surface area contributed by atoms with Crippen LogP contribution in [0.1, 0.15) is 42.5 Å². The maximum absolute atomic E-state index is 13.7. The second kappa shape index (κ2) is 13.5. The van der Waals surface area contributed by atoms with E-state index < -0.39 is 17.7 Å². The summed E-state index contributed by atoms with van der Waals surface area (Å²) in [5, 5.41) is 22.8. The smallest absolute Gasteiger partial charge is 0.301 e. The molecule has 1 aliphatic rings. The van der Waals surface area contributed by atoms with Crippen LogP contribution in [0.15, 0.2) is 101 Å². The molecule has 1 atom stereocenters. The topological polar surface area (TPSA) is 102 Å². The number of benzene rings is 4. The fourth-order valence-electron chi connectivity index (χ4n) is 5.27. The third-order valence-corrected chi connectivity index (χ3v) is 9.69. The van der Waals surface area contributed by atoms with Gasteiger partial charge in [-0.2, -0.15) is 0 Å². The molecule has 1 N–H and O–H groups in total. The van der Waals surface area contributed by atoms with Crippen LogP contribution in [-0.4, -0.2) is 40.7 Å². The molecule has 1 aliphatic heterocycles. The van der Waals surface area contributed by atoms with Crippen LogP contribution in [0.25, 0.3) is 16.5 Å². The molecular weight excluding hydrogens is 607 g/mol. The number of amides is 1. The first-order valence-corrected chi connectivity index (χ1v) is 16.4. The molecule has 0 bridgehead atoms. The van der Waals surface area contributed by atoms with Crippen molar-refractivity contribution in [2.75, 3.05) is 18.6 Å². The molecule has 0 spiro atoms. The van der Waals surface area contributed by atoms with E-state index in [2.05, 4.69) is 41.4 Å².